The molecule has 3 rings (SSSR count). The molecule has 6 heteroatoms. The SMILES string of the molecule is CCn1nc(C)cc1C(=O)N1CCC2(CC1)C[C@@H](COC)N(C)C2. The molecule has 2 saturated heterocycles. The van der Waals surface area contributed by atoms with Crippen LogP contribution in [0.25, 0.3) is 0 Å². The molecule has 2 aliphatic heterocycles. The van der Waals surface area contributed by atoms with Gasteiger partial charge in [-0.1, -0.05) is 0 Å². The van der Waals surface area contributed by atoms with Crippen LogP contribution in [-0.4, -0.2) is 71.9 Å². The third kappa shape index (κ3) is 3.22. The summed E-state index contributed by atoms with van der Waals surface area (Å²) in [5.41, 5.74) is 2.00. The molecule has 0 saturated carbocycles. The van der Waals surface area contributed by atoms with Gasteiger partial charge < -0.3 is 14.5 Å². The minimum absolute atomic E-state index is 0.132. The molecule has 3 heterocycles. The van der Waals surface area contributed by atoms with Crippen molar-refractivity contribution in [3.63, 3.8) is 0 Å². The normalized spacial score (nSPS) is 24.0. The highest BCUT2D eigenvalue weighted by atomic mass is 16.5. The molecular weight excluding hydrogens is 304 g/mol. The molecule has 0 aromatic carbocycles. The Bertz CT molecular complexity index is 590. The van der Waals surface area contributed by atoms with Gasteiger partial charge in [0.1, 0.15) is 5.69 Å². The Morgan fingerprint density at radius 2 is 2.12 bits per heavy atom. The van der Waals surface area contributed by atoms with Crippen LogP contribution < -0.4 is 0 Å². The van der Waals surface area contributed by atoms with Gasteiger partial charge in [-0.05, 0) is 51.6 Å². The topological polar surface area (TPSA) is 50.6 Å². The van der Waals surface area contributed by atoms with E-state index in [1.807, 2.05) is 29.5 Å². The lowest BCUT2D eigenvalue weighted by Crippen LogP contribution is -2.44. The molecule has 6 nitrogen and oxygen atoms in total. The fourth-order valence-corrected chi connectivity index (χ4v) is 4.42. The number of likely N-dealkylation sites (tertiary alicyclic amines) is 2. The van der Waals surface area contributed by atoms with Gasteiger partial charge in [-0.2, -0.15) is 5.10 Å². The molecule has 0 unspecified atom stereocenters. The second-order valence-corrected chi connectivity index (χ2v) is 7.51. The van der Waals surface area contributed by atoms with Crippen LogP contribution in [0.1, 0.15) is 42.4 Å². The Morgan fingerprint density at radius 3 is 2.75 bits per heavy atom. The van der Waals surface area contributed by atoms with Gasteiger partial charge in [-0.15, -0.1) is 0 Å². The van der Waals surface area contributed by atoms with Crippen LogP contribution in [0, 0.1) is 12.3 Å². The summed E-state index contributed by atoms with van der Waals surface area (Å²) in [6, 6.07) is 2.43. The zero-order valence-electron chi connectivity index (χ0n) is 15.4. The summed E-state index contributed by atoms with van der Waals surface area (Å²) < 4.78 is 7.18. The molecule has 24 heavy (non-hydrogen) atoms. The lowest BCUT2D eigenvalue weighted by molar-refractivity contribution is 0.0580. The van der Waals surface area contributed by atoms with Crippen LogP contribution in [0.3, 0.4) is 0 Å². The van der Waals surface area contributed by atoms with E-state index in [4.69, 9.17) is 4.74 Å². The maximum atomic E-state index is 12.9. The molecule has 0 N–H and O–H groups in total. The van der Waals surface area contributed by atoms with Crippen molar-refractivity contribution < 1.29 is 9.53 Å². The molecule has 1 atom stereocenters. The summed E-state index contributed by atoms with van der Waals surface area (Å²) >= 11 is 0. The van der Waals surface area contributed by atoms with E-state index < -0.39 is 0 Å². The predicted molar refractivity (Wildman–Crippen MR) is 93.1 cm³/mol. The van der Waals surface area contributed by atoms with Crippen LogP contribution in [-0.2, 0) is 11.3 Å². The summed E-state index contributed by atoms with van der Waals surface area (Å²) in [4.78, 5) is 17.3. The third-order valence-electron chi connectivity index (χ3n) is 5.77. The Hall–Kier alpha value is -1.40. The summed E-state index contributed by atoms with van der Waals surface area (Å²) in [5, 5.41) is 4.40. The molecule has 1 aromatic heterocycles. The quantitative estimate of drug-likeness (QED) is 0.842. The van der Waals surface area contributed by atoms with Crippen molar-refractivity contribution in [3.8, 4) is 0 Å². The van der Waals surface area contributed by atoms with Gasteiger partial charge in [0.05, 0.1) is 12.3 Å². The molecule has 2 fully saturated rings. The number of carbonyl (C=O) groups excluding carboxylic acids is 1. The number of hydrogen-bond donors (Lipinski definition) is 0. The van der Waals surface area contributed by atoms with Crippen molar-refractivity contribution in [1.29, 1.82) is 0 Å². The fourth-order valence-electron chi connectivity index (χ4n) is 4.42. The van der Waals surface area contributed by atoms with Crippen LogP contribution in [0.4, 0.5) is 0 Å². The monoisotopic (exact) mass is 334 g/mol. The molecule has 1 aromatic rings. The molecule has 2 aliphatic rings. The van der Waals surface area contributed by atoms with Crippen molar-refractivity contribution in [2.45, 2.75) is 45.7 Å². The Balaban J connectivity index is 1.64. The second-order valence-electron chi connectivity index (χ2n) is 7.51. The predicted octanol–water partition coefficient (Wildman–Crippen LogP) is 1.78. The number of rotatable bonds is 4. The van der Waals surface area contributed by atoms with Crippen molar-refractivity contribution in [2.75, 3.05) is 40.4 Å². The van der Waals surface area contributed by atoms with E-state index in [-0.39, 0.29) is 5.91 Å². The first-order valence-corrected chi connectivity index (χ1v) is 9.01. The number of carbonyl (C=O) groups is 1. The number of aryl methyl sites for hydroxylation is 2. The minimum Gasteiger partial charge on any atom is -0.383 e. The Labute approximate surface area is 144 Å². The van der Waals surface area contributed by atoms with E-state index in [1.54, 1.807) is 7.11 Å². The maximum Gasteiger partial charge on any atom is 0.272 e. The van der Waals surface area contributed by atoms with Gasteiger partial charge >= 0.3 is 0 Å². The van der Waals surface area contributed by atoms with Gasteiger partial charge in [0.25, 0.3) is 5.91 Å². The molecule has 0 radical (unpaired) electrons. The number of ether oxygens (including phenoxy) is 1. The van der Waals surface area contributed by atoms with Gasteiger partial charge in [0.15, 0.2) is 0 Å². The zero-order valence-corrected chi connectivity index (χ0v) is 15.4. The summed E-state index contributed by atoms with van der Waals surface area (Å²) in [5.74, 6) is 0.132. The number of likely N-dealkylation sites (N-methyl/N-ethyl adjacent to an activating group) is 1. The van der Waals surface area contributed by atoms with E-state index in [0.29, 0.717) is 11.5 Å². The number of hydrogen-bond acceptors (Lipinski definition) is 4. The lowest BCUT2D eigenvalue weighted by Gasteiger charge is -2.39. The first-order chi connectivity index (χ1) is 11.5. The van der Waals surface area contributed by atoms with Crippen LogP contribution in [0.15, 0.2) is 6.07 Å². The lowest BCUT2D eigenvalue weighted by atomic mass is 9.76. The van der Waals surface area contributed by atoms with E-state index >= 15 is 0 Å². The second kappa shape index (κ2) is 6.84. The van der Waals surface area contributed by atoms with Gasteiger partial charge in [-0.3, -0.25) is 9.48 Å². The molecule has 0 bridgehead atoms. The van der Waals surface area contributed by atoms with Crippen molar-refractivity contribution in [2.24, 2.45) is 5.41 Å². The summed E-state index contributed by atoms with van der Waals surface area (Å²) in [6.45, 7) is 8.32. The minimum atomic E-state index is 0.132. The van der Waals surface area contributed by atoms with E-state index in [1.165, 1.54) is 6.42 Å². The van der Waals surface area contributed by atoms with Crippen molar-refractivity contribution >= 4 is 5.91 Å². The fraction of sp³-hybridized carbons (Fsp3) is 0.778. The van der Waals surface area contributed by atoms with Crippen molar-refractivity contribution in [1.82, 2.24) is 19.6 Å². The molecular formula is C18H30N4O2. The van der Waals surface area contributed by atoms with Gasteiger partial charge in [0, 0.05) is 39.3 Å². The first-order valence-electron chi connectivity index (χ1n) is 9.01. The van der Waals surface area contributed by atoms with Crippen LogP contribution >= 0.6 is 0 Å². The number of nitrogens with zero attached hydrogens (tertiary/aromatic N) is 4. The number of methoxy groups -OCH3 is 1. The van der Waals surface area contributed by atoms with Crippen molar-refractivity contribution in [3.05, 3.63) is 17.5 Å². The molecule has 1 spiro atoms. The highest BCUT2D eigenvalue weighted by molar-refractivity contribution is 5.92. The number of piperidine rings is 1. The molecule has 0 aliphatic carbocycles. The average Bonchev–Trinajstić information content (AvgIpc) is 3.08. The molecule has 134 valence electrons. The van der Waals surface area contributed by atoms with E-state index in [2.05, 4.69) is 17.0 Å². The zero-order chi connectivity index (χ0) is 17.3. The third-order valence-corrected chi connectivity index (χ3v) is 5.77. The maximum absolute atomic E-state index is 12.9. The summed E-state index contributed by atoms with van der Waals surface area (Å²) in [7, 11) is 3.97. The van der Waals surface area contributed by atoms with E-state index in [9.17, 15) is 4.79 Å². The van der Waals surface area contributed by atoms with Gasteiger partial charge in [0.2, 0.25) is 0 Å². The number of aromatic nitrogens is 2. The number of amides is 1. The van der Waals surface area contributed by atoms with Crippen LogP contribution in [0.2, 0.25) is 0 Å². The first kappa shape index (κ1) is 17.4. The average molecular weight is 334 g/mol. The highest BCUT2D eigenvalue weighted by Gasteiger charge is 2.44. The van der Waals surface area contributed by atoms with Crippen LogP contribution in [0.5, 0.6) is 0 Å². The summed E-state index contributed by atoms with van der Waals surface area (Å²) in [6.07, 6.45) is 3.36. The Morgan fingerprint density at radius 1 is 1.42 bits per heavy atom. The highest BCUT2D eigenvalue weighted by Crippen LogP contribution is 2.43. The van der Waals surface area contributed by atoms with E-state index in [0.717, 1.165) is 57.0 Å². The van der Waals surface area contributed by atoms with Gasteiger partial charge in [-0.25, -0.2) is 0 Å². The molecule has 1 amide bonds. The standard InChI is InChI=1S/C18H30N4O2/c1-5-22-16(10-14(2)19-22)17(23)21-8-6-18(7-9-21)11-15(12-24-4)20(3)13-18/h10,15H,5-9,11-13H2,1-4H3/t15-/m0/s1. The Kier molecular flexibility index (Phi) is 4.97. The largest absolute Gasteiger partial charge is 0.383 e. The smallest absolute Gasteiger partial charge is 0.272 e.